The summed E-state index contributed by atoms with van der Waals surface area (Å²) in [6, 6.07) is 7.63. The Morgan fingerprint density at radius 2 is 1.79 bits per heavy atom. The van der Waals surface area contributed by atoms with Crippen LogP contribution in [0.5, 0.6) is 0 Å². The Hall–Kier alpha value is -1.90. The van der Waals surface area contributed by atoms with Crippen molar-refractivity contribution < 1.29 is 14.3 Å². The van der Waals surface area contributed by atoms with E-state index in [1.807, 2.05) is 31.2 Å². The van der Waals surface area contributed by atoms with Crippen molar-refractivity contribution in [3.05, 3.63) is 41.0 Å². The van der Waals surface area contributed by atoms with Crippen LogP contribution in [0.2, 0.25) is 0 Å². The van der Waals surface area contributed by atoms with Crippen LogP contribution in [0, 0.1) is 12.8 Å². The summed E-state index contributed by atoms with van der Waals surface area (Å²) >= 11 is 0. The number of ether oxygens (including phenoxy) is 1. The molecule has 1 aromatic carbocycles. The Bertz CT molecular complexity index is 481. The predicted octanol–water partition coefficient (Wildman–Crippen LogP) is 3.17. The number of Topliss-reactive ketones (excluding diaryl/α,β-unsaturated/α-hetero) is 1. The van der Waals surface area contributed by atoms with E-state index >= 15 is 0 Å². The molecule has 0 aromatic heterocycles. The van der Waals surface area contributed by atoms with Gasteiger partial charge in [-0.2, -0.15) is 0 Å². The first-order valence-electron chi connectivity index (χ1n) is 6.45. The van der Waals surface area contributed by atoms with Crippen LogP contribution < -0.4 is 0 Å². The summed E-state index contributed by atoms with van der Waals surface area (Å²) in [7, 11) is 0. The van der Waals surface area contributed by atoms with Crippen LogP contribution in [-0.2, 0) is 14.3 Å². The molecule has 3 nitrogen and oxygen atoms in total. The highest BCUT2D eigenvalue weighted by atomic mass is 16.5. The highest BCUT2D eigenvalue weighted by Gasteiger charge is 2.21. The summed E-state index contributed by atoms with van der Waals surface area (Å²) in [5.41, 5.74) is 2.06. The third-order valence-corrected chi connectivity index (χ3v) is 2.67. The van der Waals surface area contributed by atoms with E-state index in [0.717, 1.165) is 11.1 Å². The molecule has 0 amide bonds. The van der Waals surface area contributed by atoms with Gasteiger partial charge >= 0.3 is 5.97 Å². The standard InChI is InChI=1S/C16H20O3/c1-5-19-16(18)14(15(17)11(2)3)10-13-8-6-12(4)7-9-13/h6-11H,5H2,1-4H3/b14-10-. The molecule has 0 aliphatic carbocycles. The van der Waals surface area contributed by atoms with Crippen molar-refractivity contribution in [1.82, 2.24) is 0 Å². The molecule has 0 atom stereocenters. The minimum absolute atomic E-state index is 0.112. The average molecular weight is 260 g/mol. The monoisotopic (exact) mass is 260 g/mol. The number of ketones is 1. The zero-order chi connectivity index (χ0) is 14.4. The quantitative estimate of drug-likeness (QED) is 0.353. The van der Waals surface area contributed by atoms with Crippen molar-refractivity contribution in [2.45, 2.75) is 27.7 Å². The molecule has 19 heavy (non-hydrogen) atoms. The van der Waals surface area contributed by atoms with Crippen molar-refractivity contribution in [2.75, 3.05) is 6.61 Å². The van der Waals surface area contributed by atoms with Gasteiger partial charge < -0.3 is 4.74 Å². The Balaban J connectivity index is 3.11. The first-order chi connectivity index (χ1) is 8.95. The lowest BCUT2D eigenvalue weighted by Crippen LogP contribution is -2.19. The molecular formula is C16H20O3. The summed E-state index contributed by atoms with van der Waals surface area (Å²) < 4.78 is 4.94. The number of aryl methyl sites for hydroxylation is 1. The van der Waals surface area contributed by atoms with E-state index < -0.39 is 5.97 Å². The molecule has 0 heterocycles. The zero-order valence-electron chi connectivity index (χ0n) is 11.9. The second kappa shape index (κ2) is 6.88. The molecule has 102 valence electrons. The Morgan fingerprint density at radius 1 is 1.21 bits per heavy atom. The van der Waals surface area contributed by atoms with Crippen LogP contribution in [0.1, 0.15) is 31.9 Å². The van der Waals surface area contributed by atoms with Gasteiger partial charge in [0.25, 0.3) is 0 Å². The lowest BCUT2D eigenvalue weighted by molar-refractivity contribution is -0.140. The third-order valence-electron chi connectivity index (χ3n) is 2.67. The zero-order valence-corrected chi connectivity index (χ0v) is 11.9. The van der Waals surface area contributed by atoms with Crippen LogP contribution in [0.3, 0.4) is 0 Å². The summed E-state index contributed by atoms with van der Waals surface area (Å²) in [6.45, 7) is 7.50. The number of hydrogen-bond acceptors (Lipinski definition) is 3. The van der Waals surface area contributed by atoms with E-state index in [1.165, 1.54) is 0 Å². The van der Waals surface area contributed by atoms with Crippen LogP contribution in [-0.4, -0.2) is 18.4 Å². The summed E-state index contributed by atoms with van der Waals surface area (Å²) in [5, 5.41) is 0. The molecule has 1 aromatic rings. The van der Waals surface area contributed by atoms with Gasteiger partial charge in [-0.3, -0.25) is 4.79 Å². The van der Waals surface area contributed by atoms with Gasteiger partial charge in [-0.1, -0.05) is 43.7 Å². The lowest BCUT2D eigenvalue weighted by atomic mass is 9.98. The van der Waals surface area contributed by atoms with Crippen molar-refractivity contribution in [3.63, 3.8) is 0 Å². The second-order valence-corrected chi connectivity index (χ2v) is 4.71. The molecule has 0 saturated carbocycles. The minimum Gasteiger partial charge on any atom is -0.462 e. The molecule has 0 saturated heterocycles. The maximum atomic E-state index is 12.1. The summed E-state index contributed by atoms with van der Waals surface area (Å²) in [6.07, 6.45) is 1.60. The van der Waals surface area contributed by atoms with Gasteiger partial charge in [-0.15, -0.1) is 0 Å². The first-order valence-corrected chi connectivity index (χ1v) is 6.45. The van der Waals surface area contributed by atoms with E-state index in [2.05, 4.69) is 0 Å². The third kappa shape index (κ3) is 4.36. The van der Waals surface area contributed by atoms with Gasteiger partial charge in [-0.05, 0) is 25.5 Å². The number of carbonyl (C=O) groups excluding carboxylic acids is 2. The molecule has 0 radical (unpaired) electrons. The van der Waals surface area contributed by atoms with Crippen LogP contribution in [0.25, 0.3) is 6.08 Å². The Kier molecular flexibility index (Phi) is 5.49. The summed E-state index contributed by atoms with van der Waals surface area (Å²) in [4.78, 5) is 23.9. The number of hydrogen-bond donors (Lipinski definition) is 0. The predicted molar refractivity (Wildman–Crippen MR) is 75.6 cm³/mol. The fourth-order valence-corrected chi connectivity index (χ4v) is 1.58. The van der Waals surface area contributed by atoms with Crippen LogP contribution in [0.4, 0.5) is 0 Å². The molecule has 0 unspecified atom stereocenters. The van der Waals surface area contributed by atoms with Gasteiger partial charge in [0.05, 0.1) is 6.61 Å². The molecule has 0 spiro atoms. The van der Waals surface area contributed by atoms with Gasteiger partial charge in [0.2, 0.25) is 0 Å². The van der Waals surface area contributed by atoms with Crippen molar-refractivity contribution in [3.8, 4) is 0 Å². The van der Waals surface area contributed by atoms with Gasteiger partial charge in [0, 0.05) is 5.92 Å². The van der Waals surface area contributed by atoms with Crippen LogP contribution in [0.15, 0.2) is 29.8 Å². The minimum atomic E-state index is -0.554. The van der Waals surface area contributed by atoms with Gasteiger partial charge in [-0.25, -0.2) is 4.79 Å². The lowest BCUT2D eigenvalue weighted by Gasteiger charge is -2.08. The van der Waals surface area contributed by atoms with Crippen molar-refractivity contribution in [1.29, 1.82) is 0 Å². The average Bonchev–Trinajstić information content (AvgIpc) is 2.37. The molecule has 0 aliphatic rings. The molecular weight excluding hydrogens is 240 g/mol. The highest BCUT2D eigenvalue weighted by molar-refractivity contribution is 6.21. The van der Waals surface area contributed by atoms with E-state index in [1.54, 1.807) is 26.8 Å². The molecule has 0 aliphatic heterocycles. The van der Waals surface area contributed by atoms with E-state index in [9.17, 15) is 9.59 Å². The maximum absolute atomic E-state index is 12.1. The largest absolute Gasteiger partial charge is 0.462 e. The first kappa shape index (κ1) is 15.2. The maximum Gasteiger partial charge on any atom is 0.341 e. The topological polar surface area (TPSA) is 43.4 Å². The van der Waals surface area contributed by atoms with Gasteiger partial charge in [0.15, 0.2) is 5.78 Å². The summed E-state index contributed by atoms with van der Waals surface area (Å²) in [5.74, 6) is -0.984. The van der Waals surface area contributed by atoms with Crippen molar-refractivity contribution in [2.24, 2.45) is 5.92 Å². The second-order valence-electron chi connectivity index (χ2n) is 4.71. The fourth-order valence-electron chi connectivity index (χ4n) is 1.58. The van der Waals surface area contributed by atoms with Crippen LogP contribution >= 0.6 is 0 Å². The van der Waals surface area contributed by atoms with Crippen molar-refractivity contribution >= 4 is 17.8 Å². The fraction of sp³-hybridized carbons (Fsp3) is 0.375. The molecule has 0 bridgehead atoms. The molecule has 0 N–H and O–H groups in total. The molecule has 3 heteroatoms. The Labute approximate surface area is 114 Å². The van der Waals surface area contributed by atoms with E-state index in [-0.39, 0.29) is 23.9 Å². The Morgan fingerprint density at radius 3 is 2.26 bits per heavy atom. The highest BCUT2D eigenvalue weighted by Crippen LogP contribution is 2.14. The SMILES string of the molecule is CCOC(=O)/C(=C\c1ccc(C)cc1)C(=O)C(C)C. The van der Waals surface area contributed by atoms with E-state index in [0.29, 0.717) is 0 Å². The van der Waals surface area contributed by atoms with E-state index in [4.69, 9.17) is 4.74 Å². The molecule has 0 fully saturated rings. The number of esters is 1. The number of benzene rings is 1. The van der Waals surface area contributed by atoms with Gasteiger partial charge in [0.1, 0.15) is 5.57 Å². The molecule has 1 rings (SSSR count). The number of carbonyl (C=O) groups is 2. The number of rotatable bonds is 5. The smallest absolute Gasteiger partial charge is 0.341 e. The normalized spacial score (nSPS) is 11.5.